The lowest BCUT2D eigenvalue weighted by Gasteiger charge is -2.34. The fraction of sp³-hybridized carbons (Fsp3) is 0.480. The Morgan fingerprint density at radius 2 is 1.91 bits per heavy atom. The molecule has 2 N–H and O–H groups in total. The van der Waals surface area contributed by atoms with Crippen molar-refractivity contribution >= 4 is 35.8 Å². The van der Waals surface area contributed by atoms with E-state index in [9.17, 15) is 4.79 Å². The minimum absolute atomic E-state index is 0. The number of benzene rings is 1. The number of aliphatic imine (C=N–C) groups is 1. The van der Waals surface area contributed by atoms with Gasteiger partial charge in [0.2, 0.25) is 5.91 Å². The number of piperidine rings is 1. The molecule has 2 heterocycles. The number of nitrogens with zero attached hydrogens (tertiary/aromatic N) is 3. The van der Waals surface area contributed by atoms with E-state index in [1.165, 1.54) is 5.56 Å². The molecule has 0 spiro atoms. The van der Waals surface area contributed by atoms with Gasteiger partial charge in [-0.15, -0.1) is 24.0 Å². The molecule has 32 heavy (non-hydrogen) atoms. The number of hydrogen-bond acceptors (Lipinski definition) is 3. The van der Waals surface area contributed by atoms with Crippen molar-refractivity contribution in [3.05, 3.63) is 54.2 Å². The van der Waals surface area contributed by atoms with Crippen LogP contribution in [0, 0.1) is 5.92 Å². The fourth-order valence-corrected chi connectivity index (χ4v) is 4.09. The first kappa shape index (κ1) is 26.1. The average molecular weight is 550 g/mol. The predicted octanol–water partition coefficient (Wildman–Crippen LogP) is 4.46. The number of carbonyl (C=O) groups excluding carboxylic acids is 1. The van der Waals surface area contributed by atoms with Gasteiger partial charge in [-0.05, 0) is 49.4 Å². The lowest BCUT2D eigenvalue weighted by atomic mass is 9.98. The molecule has 1 aromatic carbocycles. The van der Waals surface area contributed by atoms with E-state index in [2.05, 4.69) is 58.7 Å². The van der Waals surface area contributed by atoms with Gasteiger partial charge in [-0.25, -0.2) is 0 Å². The third kappa shape index (κ3) is 7.18. The molecule has 0 unspecified atom stereocenters. The number of pyridine rings is 1. The number of amides is 1. The van der Waals surface area contributed by atoms with E-state index in [1.807, 2.05) is 29.3 Å². The molecule has 0 bridgehead atoms. The molecule has 7 heteroatoms. The quantitative estimate of drug-likeness (QED) is 0.304. The van der Waals surface area contributed by atoms with Gasteiger partial charge in [0.25, 0.3) is 0 Å². The Labute approximate surface area is 209 Å². The summed E-state index contributed by atoms with van der Waals surface area (Å²) in [4.78, 5) is 23.5. The zero-order valence-electron chi connectivity index (χ0n) is 19.4. The van der Waals surface area contributed by atoms with E-state index in [1.54, 1.807) is 7.05 Å². The van der Waals surface area contributed by atoms with Crippen molar-refractivity contribution in [2.24, 2.45) is 10.9 Å². The normalized spacial score (nSPS) is 14.8. The van der Waals surface area contributed by atoms with Crippen LogP contribution >= 0.6 is 24.0 Å². The van der Waals surface area contributed by atoms with E-state index in [0.29, 0.717) is 18.5 Å². The molecule has 3 rings (SSSR count). The summed E-state index contributed by atoms with van der Waals surface area (Å²) in [6.07, 6.45) is 5.55. The van der Waals surface area contributed by atoms with E-state index in [4.69, 9.17) is 0 Å². The van der Waals surface area contributed by atoms with Crippen LogP contribution in [-0.4, -0.2) is 47.9 Å². The van der Waals surface area contributed by atoms with Gasteiger partial charge in [0.15, 0.2) is 5.96 Å². The highest BCUT2D eigenvalue weighted by Gasteiger charge is 2.26. The van der Waals surface area contributed by atoms with Gasteiger partial charge in [0.1, 0.15) is 0 Å². The maximum Gasteiger partial charge on any atom is 0.225 e. The third-order valence-corrected chi connectivity index (χ3v) is 6.05. The SMILES string of the molecule is CCC(CC)C(=O)N1CCC(NC(=NC)NCc2cccc(-c3ccccn3)c2)CC1.I. The molecule has 0 radical (unpaired) electrons. The highest BCUT2D eigenvalue weighted by Crippen LogP contribution is 2.19. The van der Waals surface area contributed by atoms with E-state index >= 15 is 0 Å². The summed E-state index contributed by atoms with van der Waals surface area (Å²) < 4.78 is 0. The predicted molar refractivity (Wildman–Crippen MR) is 142 cm³/mol. The zero-order chi connectivity index (χ0) is 22.1. The maximum absolute atomic E-state index is 12.6. The first-order chi connectivity index (χ1) is 15.1. The second kappa shape index (κ2) is 13.4. The maximum atomic E-state index is 12.6. The Bertz CT molecular complexity index is 862. The summed E-state index contributed by atoms with van der Waals surface area (Å²) in [5.41, 5.74) is 3.26. The van der Waals surface area contributed by atoms with Crippen molar-refractivity contribution < 1.29 is 4.79 Å². The number of likely N-dealkylation sites (tertiary alicyclic amines) is 1. The molecule has 1 fully saturated rings. The molecular formula is C25H36IN5O. The van der Waals surface area contributed by atoms with E-state index in [0.717, 1.165) is 56.0 Å². The van der Waals surface area contributed by atoms with Gasteiger partial charge >= 0.3 is 0 Å². The summed E-state index contributed by atoms with van der Waals surface area (Å²) in [6.45, 7) is 6.52. The number of guanidine groups is 1. The molecule has 0 saturated carbocycles. The van der Waals surface area contributed by atoms with Gasteiger partial charge in [0, 0.05) is 50.4 Å². The monoisotopic (exact) mass is 549 g/mol. The lowest BCUT2D eigenvalue weighted by Crippen LogP contribution is -2.50. The van der Waals surface area contributed by atoms with E-state index in [-0.39, 0.29) is 29.9 Å². The van der Waals surface area contributed by atoms with Crippen molar-refractivity contribution in [2.75, 3.05) is 20.1 Å². The summed E-state index contributed by atoms with van der Waals surface area (Å²) in [5.74, 6) is 1.28. The Morgan fingerprint density at radius 1 is 1.16 bits per heavy atom. The molecule has 1 aliphatic heterocycles. The average Bonchev–Trinajstić information content (AvgIpc) is 2.83. The molecule has 1 amide bonds. The van der Waals surface area contributed by atoms with Crippen LogP contribution in [0.3, 0.4) is 0 Å². The molecule has 6 nitrogen and oxygen atoms in total. The topological polar surface area (TPSA) is 69.6 Å². The van der Waals surface area contributed by atoms with Crippen LogP contribution in [0.4, 0.5) is 0 Å². The minimum atomic E-state index is 0. The zero-order valence-corrected chi connectivity index (χ0v) is 21.7. The molecule has 1 aliphatic rings. The first-order valence-electron chi connectivity index (χ1n) is 11.4. The number of halogens is 1. The lowest BCUT2D eigenvalue weighted by molar-refractivity contribution is -0.136. The van der Waals surface area contributed by atoms with Gasteiger partial charge in [0.05, 0.1) is 5.69 Å². The van der Waals surface area contributed by atoms with Crippen LogP contribution in [0.2, 0.25) is 0 Å². The van der Waals surface area contributed by atoms with Crippen LogP contribution in [0.15, 0.2) is 53.7 Å². The van der Waals surface area contributed by atoms with Crippen LogP contribution in [0.1, 0.15) is 45.1 Å². The number of hydrogen-bond donors (Lipinski definition) is 2. The largest absolute Gasteiger partial charge is 0.354 e. The Balaban J connectivity index is 0.00000363. The fourth-order valence-electron chi connectivity index (χ4n) is 4.09. The van der Waals surface area contributed by atoms with Crippen molar-refractivity contribution in [3.8, 4) is 11.3 Å². The first-order valence-corrected chi connectivity index (χ1v) is 11.4. The molecule has 1 aromatic heterocycles. The van der Waals surface area contributed by atoms with Crippen LogP contribution in [0.25, 0.3) is 11.3 Å². The van der Waals surface area contributed by atoms with Crippen molar-refractivity contribution in [3.63, 3.8) is 0 Å². The Hall–Kier alpha value is -2.16. The van der Waals surface area contributed by atoms with E-state index < -0.39 is 0 Å². The van der Waals surface area contributed by atoms with Gasteiger partial charge in [-0.1, -0.05) is 38.1 Å². The number of rotatable bonds is 7. The van der Waals surface area contributed by atoms with Gasteiger partial charge < -0.3 is 15.5 Å². The Morgan fingerprint density at radius 3 is 2.53 bits per heavy atom. The summed E-state index contributed by atoms with van der Waals surface area (Å²) in [6, 6.07) is 14.7. The number of aromatic nitrogens is 1. The second-order valence-corrected chi connectivity index (χ2v) is 8.10. The van der Waals surface area contributed by atoms with Crippen molar-refractivity contribution in [2.45, 2.75) is 52.1 Å². The van der Waals surface area contributed by atoms with Crippen LogP contribution in [-0.2, 0) is 11.3 Å². The molecule has 0 atom stereocenters. The summed E-state index contributed by atoms with van der Waals surface area (Å²) in [7, 11) is 1.80. The van der Waals surface area contributed by atoms with Crippen molar-refractivity contribution in [1.82, 2.24) is 20.5 Å². The van der Waals surface area contributed by atoms with Gasteiger partial charge in [-0.2, -0.15) is 0 Å². The third-order valence-electron chi connectivity index (χ3n) is 6.05. The smallest absolute Gasteiger partial charge is 0.225 e. The molecular weight excluding hydrogens is 513 g/mol. The molecule has 1 saturated heterocycles. The van der Waals surface area contributed by atoms with Crippen LogP contribution in [0.5, 0.6) is 0 Å². The summed E-state index contributed by atoms with van der Waals surface area (Å²) in [5, 5.41) is 6.95. The highest BCUT2D eigenvalue weighted by molar-refractivity contribution is 14.0. The number of carbonyl (C=O) groups is 1. The molecule has 2 aromatic rings. The van der Waals surface area contributed by atoms with Gasteiger partial charge in [-0.3, -0.25) is 14.8 Å². The van der Waals surface area contributed by atoms with Crippen molar-refractivity contribution in [1.29, 1.82) is 0 Å². The molecule has 174 valence electrons. The second-order valence-electron chi connectivity index (χ2n) is 8.10. The summed E-state index contributed by atoms with van der Waals surface area (Å²) >= 11 is 0. The highest BCUT2D eigenvalue weighted by atomic mass is 127. The standard InChI is InChI=1S/C25H35N5O.HI/c1-4-20(5-2)24(31)30-15-12-22(13-16-30)29-25(26-3)28-18-19-9-8-10-21(17-19)23-11-6-7-14-27-23;/h6-11,14,17,20,22H,4-5,12-13,15-16,18H2,1-3H3,(H2,26,28,29);1H. The molecule has 0 aliphatic carbocycles. The van der Waals surface area contributed by atoms with Crippen LogP contribution < -0.4 is 10.6 Å². The number of nitrogens with one attached hydrogen (secondary N) is 2. The minimum Gasteiger partial charge on any atom is -0.354 e. The Kier molecular flexibility index (Phi) is 10.9.